The maximum absolute atomic E-state index is 12.4. The average molecular weight is 385 g/mol. The summed E-state index contributed by atoms with van der Waals surface area (Å²) in [6.45, 7) is 4.03. The number of rotatable bonds is 7. The molecule has 142 valence electrons. The topological polar surface area (TPSA) is 90.3 Å². The molecule has 0 aliphatic rings. The van der Waals surface area contributed by atoms with Crippen molar-refractivity contribution in [3.8, 4) is 6.07 Å². The minimum atomic E-state index is -3.64. The molecule has 0 aromatic heterocycles. The lowest BCUT2D eigenvalue weighted by Gasteiger charge is -2.23. The molecule has 2 rings (SSSR count). The normalized spacial score (nSPS) is 11.1. The summed E-state index contributed by atoms with van der Waals surface area (Å²) in [5, 5.41) is 12.1. The lowest BCUT2D eigenvalue weighted by molar-refractivity contribution is -0.116. The fraction of sp³-hybridized carbons (Fsp3) is 0.300. The van der Waals surface area contributed by atoms with Gasteiger partial charge in [0.1, 0.15) is 6.07 Å². The molecule has 0 saturated heterocycles. The SMILES string of the molecule is CC(C)c1ccccc1NC(=O)CCN(c1ccccc1C#N)S(C)(=O)=O. The molecule has 0 aliphatic heterocycles. The molecule has 27 heavy (non-hydrogen) atoms. The second-order valence-electron chi connectivity index (χ2n) is 6.50. The smallest absolute Gasteiger partial charge is 0.232 e. The molecule has 2 aromatic rings. The highest BCUT2D eigenvalue weighted by Gasteiger charge is 2.21. The van der Waals surface area contributed by atoms with Gasteiger partial charge in [0.15, 0.2) is 0 Å². The molecule has 0 radical (unpaired) electrons. The van der Waals surface area contributed by atoms with Gasteiger partial charge >= 0.3 is 0 Å². The van der Waals surface area contributed by atoms with Gasteiger partial charge < -0.3 is 5.32 Å². The average Bonchev–Trinajstić information content (AvgIpc) is 2.61. The molecule has 0 unspecified atom stereocenters. The number of anilines is 2. The van der Waals surface area contributed by atoms with Crippen molar-refractivity contribution in [3.63, 3.8) is 0 Å². The van der Waals surface area contributed by atoms with E-state index in [2.05, 4.69) is 5.32 Å². The molecule has 1 amide bonds. The molecule has 2 aromatic carbocycles. The lowest BCUT2D eigenvalue weighted by Crippen LogP contribution is -2.33. The Balaban J connectivity index is 2.17. The van der Waals surface area contributed by atoms with Crippen LogP contribution in [0.5, 0.6) is 0 Å². The van der Waals surface area contributed by atoms with Crippen LogP contribution in [0.2, 0.25) is 0 Å². The standard InChI is InChI=1S/C20H23N3O3S/c1-15(2)17-9-5-6-10-18(17)22-20(24)12-13-23(27(3,25)26)19-11-7-4-8-16(19)14-21/h4-11,15H,12-13H2,1-3H3,(H,22,24). The molecule has 1 N–H and O–H groups in total. The van der Waals surface area contributed by atoms with Crippen LogP contribution in [0.3, 0.4) is 0 Å². The molecule has 0 saturated carbocycles. The number of para-hydroxylation sites is 2. The third-order valence-corrected chi connectivity index (χ3v) is 5.27. The molecular formula is C20H23N3O3S. The van der Waals surface area contributed by atoms with Gasteiger partial charge in [0.05, 0.1) is 17.5 Å². The van der Waals surface area contributed by atoms with Crippen molar-refractivity contribution in [2.24, 2.45) is 0 Å². The van der Waals surface area contributed by atoms with Crippen LogP contribution >= 0.6 is 0 Å². The molecule has 7 heteroatoms. The predicted molar refractivity (Wildman–Crippen MR) is 107 cm³/mol. The Morgan fingerprint density at radius 1 is 1.15 bits per heavy atom. The van der Waals surface area contributed by atoms with E-state index in [-0.39, 0.29) is 36.0 Å². The van der Waals surface area contributed by atoms with Crippen molar-refractivity contribution in [1.29, 1.82) is 5.26 Å². The third kappa shape index (κ3) is 5.31. The van der Waals surface area contributed by atoms with Gasteiger partial charge in [-0.25, -0.2) is 8.42 Å². The lowest BCUT2D eigenvalue weighted by atomic mass is 10.0. The van der Waals surface area contributed by atoms with Crippen molar-refractivity contribution in [1.82, 2.24) is 0 Å². The summed E-state index contributed by atoms with van der Waals surface area (Å²) in [4.78, 5) is 12.4. The monoisotopic (exact) mass is 385 g/mol. The van der Waals surface area contributed by atoms with Gasteiger partial charge in [0.2, 0.25) is 15.9 Å². The van der Waals surface area contributed by atoms with Gasteiger partial charge in [-0.2, -0.15) is 5.26 Å². The number of nitrogens with one attached hydrogen (secondary N) is 1. The van der Waals surface area contributed by atoms with E-state index in [9.17, 15) is 18.5 Å². The van der Waals surface area contributed by atoms with E-state index in [4.69, 9.17) is 0 Å². The van der Waals surface area contributed by atoms with E-state index in [1.165, 1.54) is 0 Å². The Morgan fingerprint density at radius 3 is 2.41 bits per heavy atom. The Hall–Kier alpha value is -2.85. The Kier molecular flexibility index (Phi) is 6.59. The largest absolute Gasteiger partial charge is 0.326 e. The Morgan fingerprint density at radius 2 is 1.78 bits per heavy atom. The summed E-state index contributed by atoms with van der Waals surface area (Å²) in [6.07, 6.45) is 1.03. The van der Waals surface area contributed by atoms with Gasteiger partial charge in [-0.1, -0.05) is 44.2 Å². The van der Waals surface area contributed by atoms with Crippen molar-refractivity contribution in [2.45, 2.75) is 26.2 Å². The zero-order chi connectivity index (χ0) is 20.0. The van der Waals surface area contributed by atoms with Crippen LogP contribution in [-0.4, -0.2) is 27.1 Å². The fourth-order valence-corrected chi connectivity index (χ4v) is 3.72. The highest BCUT2D eigenvalue weighted by molar-refractivity contribution is 7.92. The van der Waals surface area contributed by atoms with Crippen molar-refractivity contribution < 1.29 is 13.2 Å². The molecule has 6 nitrogen and oxygen atoms in total. The summed E-state index contributed by atoms with van der Waals surface area (Å²) < 4.78 is 25.5. The van der Waals surface area contributed by atoms with E-state index in [0.29, 0.717) is 0 Å². The van der Waals surface area contributed by atoms with E-state index < -0.39 is 10.0 Å². The first-order valence-electron chi connectivity index (χ1n) is 8.59. The van der Waals surface area contributed by atoms with Gasteiger partial charge in [0.25, 0.3) is 0 Å². The van der Waals surface area contributed by atoms with Gasteiger partial charge in [-0.3, -0.25) is 9.10 Å². The zero-order valence-corrected chi connectivity index (χ0v) is 16.5. The van der Waals surface area contributed by atoms with Gasteiger partial charge in [-0.05, 0) is 29.7 Å². The maximum Gasteiger partial charge on any atom is 0.232 e. The molecule has 0 fully saturated rings. The zero-order valence-electron chi connectivity index (χ0n) is 15.6. The van der Waals surface area contributed by atoms with E-state index in [1.54, 1.807) is 24.3 Å². The van der Waals surface area contributed by atoms with E-state index >= 15 is 0 Å². The number of carbonyl (C=O) groups is 1. The molecule has 0 aliphatic carbocycles. The Labute approximate surface area is 160 Å². The second-order valence-corrected chi connectivity index (χ2v) is 8.41. The molecule has 0 bridgehead atoms. The van der Waals surface area contributed by atoms with Crippen LogP contribution in [-0.2, 0) is 14.8 Å². The highest BCUT2D eigenvalue weighted by Crippen LogP contribution is 2.25. The first-order valence-corrected chi connectivity index (χ1v) is 10.4. The third-order valence-electron chi connectivity index (χ3n) is 4.09. The number of carbonyl (C=O) groups excluding carboxylic acids is 1. The van der Waals surface area contributed by atoms with Crippen LogP contribution in [0.25, 0.3) is 0 Å². The van der Waals surface area contributed by atoms with Crippen LogP contribution in [0.1, 0.15) is 37.3 Å². The quantitative estimate of drug-likeness (QED) is 0.790. The number of benzene rings is 2. The summed E-state index contributed by atoms with van der Waals surface area (Å²) in [5.74, 6) is -0.0392. The number of nitrogens with zero attached hydrogens (tertiary/aromatic N) is 2. The molecule has 0 heterocycles. The van der Waals surface area contributed by atoms with Gasteiger partial charge in [-0.15, -0.1) is 0 Å². The summed E-state index contributed by atoms with van der Waals surface area (Å²) >= 11 is 0. The summed E-state index contributed by atoms with van der Waals surface area (Å²) in [6, 6.07) is 16.0. The first kappa shape index (κ1) is 20.5. The number of sulfonamides is 1. The number of hydrogen-bond donors (Lipinski definition) is 1. The predicted octanol–water partition coefficient (Wildman–Crippen LogP) is 3.48. The fourth-order valence-electron chi connectivity index (χ4n) is 2.78. The number of hydrogen-bond acceptors (Lipinski definition) is 4. The molecular weight excluding hydrogens is 362 g/mol. The maximum atomic E-state index is 12.4. The minimum absolute atomic E-state index is 0.0285. The molecule has 0 spiro atoms. The van der Waals surface area contributed by atoms with E-state index in [1.807, 2.05) is 44.2 Å². The van der Waals surface area contributed by atoms with Crippen LogP contribution in [0.15, 0.2) is 48.5 Å². The minimum Gasteiger partial charge on any atom is -0.326 e. The highest BCUT2D eigenvalue weighted by atomic mass is 32.2. The van der Waals surface area contributed by atoms with Crippen molar-refractivity contribution in [2.75, 3.05) is 22.4 Å². The van der Waals surface area contributed by atoms with Crippen molar-refractivity contribution >= 4 is 27.3 Å². The number of amides is 1. The molecule has 0 atom stereocenters. The first-order chi connectivity index (χ1) is 12.7. The van der Waals surface area contributed by atoms with Crippen LogP contribution < -0.4 is 9.62 Å². The van der Waals surface area contributed by atoms with Crippen LogP contribution in [0.4, 0.5) is 11.4 Å². The Bertz CT molecular complexity index is 962. The number of nitriles is 1. The summed E-state index contributed by atoms with van der Waals surface area (Å²) in [5.41, 5.74) is 2.26. The van der Waals surface area contributed by atoms with Crippen molar-refractivity contribution in [3.05, 3.63) is 59.7 Å². The van der Waals surface area contributed by atoms with Gasteiger partial charge in [0, 0.05) is 18.7 Å². The second kappa shape index (κ2) is 8.69. The summed E-state index contributed by atoms with van der Waals surface area (Å²) in [7, 11) is -3.64. The van der Waals surface area contributed by atoms with Crippen LogP contribution in [0, 0.1) is 11.3 Å². The van der Waals surface area contributed by atoms with E-state index in [0.717, 1.165) is 21.8 Å².